The number of carbonyl (C=O) groups excluding carboxylic acids is 1. The van der Waals surface area contributed by atoms with Gasteiger partial charge in [0.25, 0.3) is 0 Å². The average molecular weight is 317 g/mol. The lowest BCUT2D eigenvalue weighted by atomic mass is 9.99. The van der Waals surface area contributed by atoms with Gasteiger partial charge >= 0.3 is 5.97 Å². The van der Waals surface area contributed by atoms with Crippen LogP contribution in [0, 0.1) is 5.92 Å². The van der Waals surface area contributed by atoms with Gasteiger partial charge in [-0.1, -0.05) is 0 Å². The molecule has 0 spiro atoms. The van der Waals surface area contributed by atoms with Crippen molar-refractivity contribution in [1.82, 2.24) is 14.8 Å². The molecule has 1 aromatic heterocycles. The highest BCUT2D eigenvalue weighted by molar-refractivity contribution is 5.72. The summed E-state index contributed by atoms with van der Waals surface area (Å²) in [4.78, 5) is 11.7. The molecule has 3 rings (SSSR count). The van der Waals surface area contributed by atoms with Crippen LogP contribution in [0.4, 0.5) is 0 Å². The Hall–Kier alpha value is -2.57. The Kier molecular flexibility index (Phi) is 4.45. The predicted octanol–water partition coefficient (Wildman–Crippen LogP) is 1.60. The van der Waals surface area contributed by atoms with Gasteiger partial charge in [-0.05, 0) is 30.7 Å². The van der Waals surface area contributed by atoms with Crippen LogP contribution in [0.25, 0.3) is 0 Å². The summed E-state index contributed by atoms with van der Waals surface area (Å²) in [6, 6.07) is 7.34. The fraction of sp³-hybridized carbons (Fsp3) is 0.438. The van der Waals surface area contributed by atoms with Crippen molar-refractivity contribution in [2.24, 2.45) is 5.92 Å². The van der Waals surface area contributed by atoms with Crippen LogP contribution in [-0.4, -0.2) is 35.0 Å². The first-order chi connectivity index (χ1) is 11.2. The largest absolute Gasteiger partial charge is 0.497 e. The summed E-state index contributed by atoms with van der Waals surface area (Å²) in [6.07, 6.45) is 1.46. The molecule has 0 saturated carbocycles. The second kappa shape index (κ2) is 6.68. The molecular weight excluding hydrogens is 298 g/mol. The summed E-state index contributed by atoms with van der Waals surface area (Å²) in [5.41, 5.74) is 0. The summed E-state index contributed by atoms with van der Waals surface area (Å²) in [5.74, 6) is 2.76. The molecule has 2 aromatic rings. The van der Waals surface area contributed by atoms with Crippen LogP contribution in [0.3, 0.4) is 0 Å². The number of hydrogen-bond donors (Lipinski definition) is 0. The fourth-order valence-corrected chi connectivity index (χ4v) is 2.67. The van der Waals surface area contributed by atoms with Crippen molar-refractivity contribution in [3.05, 3.63) is 35.9 Å². The maximum Gasteiger partial charge on any atom is 0.310 e. The Morgan fingerprint density at radius 2 is 1.96 bits per heavy atom. The average Bonchev–Trinajstić information content (AvgIpc) is 3.02. The van der Waals surface area contributed by atoms with E-state index in [2.05, 4.69) is 10.2 Å². The topological polar surface area (TPSA) is 75.5 Å². The van der Waals surface area contributed by atoms with Crippen LogP contribution in [-0.2, 0) is 29.1 Å². The number of methoxy groups -OCH3 is 2. The number of ether oxygens (including phenoxy) is 3. The molecule has 0 bridgehead atoms. The quantitative estimate of drug-likeness (QED) is 0.780. The number of aryl methyl sites for hydroxylation is 1. The number of benzene rings is 1. The molecule has 2 heterocycles. The second-order valence-corrected chi connectivity index (χ2v) is 5.37. The number of fused-ring (bicyclic) bond motifs is 1. The van der Waals surface area contributed by atoms with Crippen LogP contribution in [0.2, 0.25) is 0 Å². The molecule has 1 aliphatic heterocycles. The summed E-state index contributed by atoms with van der Waals surface area (Å²) in [6.45, 7) is 0.837. The molecule has 0 fully saturated rings. The van der Waals surface area contributed by atoms with Gasteiger partial charge in [0.05, 0.1) is 20.1 Å². The van der Waals surface area contributed by atoms with Crippen molar-refractivity contribution in [1.29, 1.82) is 0 Å². The number of hydrogen-bond acceptors (Lipinski definition) is 6. The number of nitrogens with zero attached hydrogens (tertiary/aromatic N) is 3. The number of rotatable bonds is 5. The molecule has 1 atom stereocenters. The van der Waals surface area contributed by atoms with Crippen molar-refractivity contribution in [2.75, 3.05) is 14.2 Å². The highest BCUT2D eigenvalue weighted by Crippen LogP contribution is 2.22. The Morgan fingerprint density at radius 1 is 1.22 bits per heavy atom. The standard InChI is InChI=1S/C16H19N3O4/c1-21-12-4-6-13(7-5-12)23-10-15-18-17-14-8-3-11(9-19(14)15)16(20)22-2/h4-7,11H,3,8-10H2,1-2H3. The van der Waals surface area contributed by atoms with Crippen molar-refractivity contribution in [3.63, 3.8) is 0 Å². The fourth-order valence-electron chi connectivity index (χ4n) is 2.67. The molecule has 122 valence electrons. The van der Waals surface area contributed by atoms with Gasteiger partial charge in [-0.15, -0.1) is 10.2 Å². The Bertz CT molecular complexity index is 681. The van der Waals surface area contributed by atoms with Gasteiger partial charge < -0.3 is 18.8 Å². The lowest BCUT2D eigenvalue weighted by Gasteiger charge is -2.22. The van der Waals surface area contributed by atoms with E-state index in [0.717, 1.165) is 30.2 Å². The molecule has 7 nitrogen and oxygen atoms in total. The van der Waals surface area contributed by atoms with Gasteiger partial charge in [0, 0.05) is 13.0 Å². The first kappa shape index (κ1) is 15.3. The normalized spacial score (nSPS) is 16.5. The number of carbonyl (C=O) groups is 1. The third-order valence-electron chi connectivity index (χ3n) is 3.99. The Labute approximate surface area is 134 Å². The summed E-state index contributed by atoms with van der Waals surface area (Å²) >= 11 is 0. The van der Waals surface area contributed by atoms with E-state index in [1.165, 1.54) is 7.11 Å². The molecule has 1 unspecified atom stereocenters. The predicted molar refractivity (Wildman–Crippen MR) is 81.2 cm³/mol. The molecule has 1 aliphatic rings. The van der Waals surface area contributed by atoms with E-state index < -0.39 is 0 Å². The molecule has 23 heavy (non-hydrogen) atoms. The third-order valence-corrected chi connectivity index (χ3v) is 3.99. The maximum atomic E-state index is 11.7. The first-order valence-electron chi connectivity index (χ1n) is 7.47. The number of esters is 1. The zero-order valence-corrected chi connectivity index (χ0v) is 13.2. The van der Waals surface area contributed by atoms with E-state index in [-0.39, 0.29) is 11.9 Å². The molecule has 0 aliphatic carbocycles. The van der Waals surface area contributed by atoms with Crippen LogP contribution < -0.4 is 9.47 Å². The molecule has 7 heteroatoms. The zero-order chi connectivity index (χ0) is 16.2. The van der Waals surface area contributed by atoms with Crippen LogP contribution >= 0.6 is 0 Å². The maximum absolute atomic E-state index is 11.7. The van der Waals surface area contributed by atoms with E-state index in [1.807, 2.05) is 28.8 Å². The third kappa shape index (κ3) is 3.28. The number of aromatic nitrogens is 3. The zero-order valence-electron chi connectivity index (χ0n) is 13.2. The highest BCUT2D eigenvalue weighted by atomic mass is 16.5. The van der Waals surface area contributed by atoms with E-state index in [1.54, 1.807) is 7.11 Å². The monoisotopic (exact) mass is 317 g/mol. The summed E-state index contributed by atoms with van der Waals surface area (Å²) in [5, 5.41) is 8.35. The van der Waals surface area contributed by atoms with Crippen LogP contribution in [0.1, 0.15) is 18.1 Å². The molecule has 0 saturated heterocycles. The minimum Gasteiger partial charge on any atom is -0.497 e. The Morgan fingerprint density at radius 3 is 2.65 bits per heavy atom. The molecule has 1 aromatic carbocycles. The SMILES string of the molecule is COC(=O)C1CCc2nnc(COc3ccc(OC)cc3)n2C1. The van der Waals surface area contributed by atoms with E-state index in [4.69, 9.17) is 14.2 Å². The highest BCUT2D eigenvalue weighted by Gasteiger charge is 2.28. The van der Waals surface area contributed by atoms with Crippen molar-refractivity contribution in [3.8, 4) is 11.5 Å². The van der Waals surface area contributed by atoms with Crippen molar-refractivity contribution in [2.45, 2.75) is 26.0 Å². The van der Waals surface area contributed by atoms with E-state index in [9.17, 15) is 4.79 Å². The molecule has 0 amide bonds. The van der Waals surface area contributed by atoms with Gasteiger partial charge in [0.15, 0.2) is 5.82 Å². The molecule has 0 radical (unpaired) electrons. The van der Waals surface area contributed by atoms with Crippen LogP contribution in [0.5, 0.6) is 11.5 Å². The minimum atomic E-state index is -0.189. The molecular formula is C16H19N3O4. The first-order valence-corrected chi connectivity index (χ1v) is 7.47. The molecule has 0 N–H and O–H groups in total. The van der Waals surface area contributed by atoms with E-state index >= 15 is 0 Å². The van der Waals surface area contributed by atoms with Crippen LogP contribution in [0.15, 0.2) is 24.3 Å². The summed E-state index contributed by atoms with van der Waals surface area (Å²) < 4.78 is 17.6. The summed E-state index contributed by atoms with van der Waals surface area (Å²) in [7, 11) is 3.04. The second-order valence-electron chi connectivity index (χ2n) is 5.37. The van der Waals surface area contributed by atoms with Gasteiger partial charge in [0.2, 0.25) is 0 Å². The lowest BCUT2D eigenvalue weighted by molar-refractivity contribution is -0.146. The minimum absolute atomic E-state index is 0.150. The van der Waals surface area contributed by atoms with Gasteiger partial charge in [-0.3, -0.25) is 4.79 Å². The van der Waals surface area contributed by atoms with E-state index in [0.29, 0.717) is 19.0 Å². The van der Waals surface area contributed by atoms with Crippen molar-refractivity contribution < 1.29 is 19.0 Å². The van der Waals surface area contributed by atoms with Gasteiger partial charge in [-0.2, -0.15) is 0 Å². The van der Waals surface area contributed by atoms with Gasteiger partial charge in [-0.25, -0.2) is 0 Å². The van der Waals surface area contributed by atoms with Crippen molar-refractivity contribution >= 4 is 5.97 Å². The van der Waals surface area contributed by atoms with Gasteiger partial charge in [0.1, 0.15) is 23.9 Å². The lowest BCUT2D eigenvalue weighted by Crippen LogP contribution is -2.29. The Balaban J connectivity index is 1.67. The smallest absolute Gasteiger partial charge is 0.310 e.